The first kappa shape index (κ1) is 13.1. The van der Waals surface area contributed by atoms with E-state index < -0.39 is 0 Å². The number of nitrogens with one attached hydrogen (secondary N) is 1. The SMILES string of the molecule is CCn1cncc1CC1(CC(C)C)CCC(=O)N1. The van der Waals surface area contributed by atoms with E-state index in [1.54, 1.807) is 0 Å². The highest BCUT2D eigenvalue weighted by Crippen LogP contribution is 2.31. The average molecular weight is 249 g/mol. The molecular formula is C14H23N3O. The number of carbonyl (C=O) groups excluding carboxylic acids is 1. The predicted octanol–water partition coefficient (Wildman–Crippen LogP) is 2.14. The first-order chi connectivity index (χ1) is 8.54. The van der Waals surface area contributed by atoms with E-state index in [1.807, 2.05) is 12.5 Å². The minimum Gasteiger partial charge on any atom is -0.350 e. The molecule has 1 fully saturated rings. The van der Waals surface area contributed by atoms with E-state index in [1.165, 1.54) is 5.69 Å². The number of carbonyl (C=O) groups is 1. The molecule has 0 radical (unpaired) electrons. The van der Waals surface area contributed by atoms with Crippen LogP contribution in [0, 0.1) is 5.92 Å². The number of aryl methyl sites for hydroxylation is 1. The molecule has 1 N–H and O–H groups in total. The van der Waals surface area contributed by atoms with Crippen LogP contribution in [0.5, 0.6) is 0 Å². The number of hydrogen-bond donors (Lipinski definition) is 1. The molecule has 1 aromatic rings. The van der Waals surface area contributed by atoms with Crippen LogP contribution in [0.15, 0.2) is 12.5 Å². The Labute approximate surface area is 109 Å². The van der Waals surface area contributed by atoms with Crippen molar-refractivity contribution >= 4 is 5.91 Å². The van der Waals surface area contributed by atoms with E-state index in [4.69, 9.17) is 0 Å². The van der Waals surface area contributed by atoms with Crippen molar-refractivity contribution in [3.05, 3.63) is 18.2 Å². The van der Waals surface area contributed by atoms with Gasteiger partial charge in [0, 0.05) is 36.8 Å². The predicted molar refractivity (Wildman–Crippen MR) is 71.2 cm³/mol. The second-order valence-electron chi connectivity index (χ2n) is 5.77. The standard InChI is InChI=1S/C14H23N3O/c1-4-17-10-15-9-12(17)8-14(7-11(2)3)6-5-13(18)16-14/h9-11H,4-8H2,1-3H3,(H,16,18). The van der Waals surface area contributed by atoms with E-state index >= 15 is 0 Å². The Balaban J connectivity index is 2.18. The molecule has 2 rings (SSSR count). The summed E-state index contributed by atoms with van der Waals surface area (Å²) in [5.41, 5.74) is 1.17. The molecule has 0 aliphatic carbocycles. The van der Waals surface area contributed by atoms with Gasteiger partial charge in [0.2, 0.25) is 5.91 Å². The third-order valence-electron chi connectivity index (χ3n) is 3.69. The van der Waals surface area contributed by atoms with Crippen molar-refractivity contribution in [1.29, 1.82) is 0 Å². The zero-order valence-electron chi connectivity index (χ0n) is 11.6. The van der Waals surface area contributed by atoms with Gasteiger partial charge in [0.25, 0.3) is 0 Å². The van der Waals surface area contributed by atoms with Crippen molar-refractivity contribution in [2.75, 3.05) is 0 Å². The molecule has 4 heteroatoms. The van der Waals surface area contributed by atoms with Gasteiger partial charge in [-0.2, -0.15) is 0 Å². The summed E-state index contributed by atoms with van der Waals surface area (Å²) in [7, 11) is 0. The maximum absolute atomic E-state index is 11.6. The van der Waals surface area contributed by atoms with Crippen molar-refractivity contribution in [2.45, 2.75) is 58.5 Å². The molecule has 1 saturated heterocycles. The zero-order chi connectivity index (χ0) is 13.2. The first-order valence-corrected chi connectivity index (χ1v) is 6.85. The second-order valence-corrected chi connectivity index (χ2v) is 5.77. The highest BCUT2D eigenvalue weighted by molar-refractivity contribution is 5.79. The van der Waals surface area contributed by atoms with Crippen molar-refractivity contribution in [3.63, 3.8) is 0 Å². The van der Waals surface area contributed by atoms with Gasteiger partial charge < -0.3 is 9.88 Å². The van der Waals surface area contributed by atoms with E-state index in [0.717, 1.165) is 25.8 Å². The van der Waals surface area contributed by atoms with Gasteiger partial charge in [0.1, 0.15) is 0 Å². The first-order valence-electron chi connectivity index (χ1n) is 6.85. The minimum absolute atomic E-state index is 0.0573. The lowest BCUT2D eigenvalue weighted by molar-refractivity contribution is -0.119. The number of amides is 1. The summed E-state index contributed by atoms with van der Waals surface area (Å²) in [6, 6.07) is 0. The summed E-state index contributed by atoms with van der Waals surface area (Å²) in [6.45, 7) is 7.47. The normalized spacial score (nSPS) is 23.7. The van der Waals surface area contributed by atoms with Crippen LogP contribution in [0.25, 0.3) is 0 Å². The Kier molecular flexibility index (Phi) is 3.73. The Morgan fingerprint density at radius 1 is 1.56 bits per heavy atom. The van der Waals surface area contributed by atoms with E-state index in [2.05, 4.69) is 35.6 Å². The van der Waals surface area contributed by atoms with Crippen molar-refractivity contribution in [2.24, 2.45) is 5.92 Å². The summed E-state index contributed by atoms with van der Waals surface area (Å²) in [5, 5.41) is 3.21. The molecule has 1 atom stereocenters. The summed E-state index contributed by atoms with van der Waals surface area (Å²) < 4.78 is 2.16. The molecule has 0 saturated carbocycles. The maximum atomic E-state index is 11.6. The molecule has 4 nitrogen and oxygen atoms in total. The maximum Gasteiger partial charge on any atom is 0.220 e. The topological polar surface area (TPSA) is 46.9 Å². The molecule has 100 valence electrons. The molecule has 0 spiro atoms. The number of aromatic nitrogens is 2. The van der Waals surface area contributed by atoms with E-state index in [0.29, 0.717) is 12.3 Å². The Hall–Kier alpha value is -1.32. The number of rotatable bonds is 5. The summed E-state index contributed by atoms with van der Waals surface area (Å²) in [4.78, 5) is 15.8. The lowest BCUT2D eigenvalue weighted by Crippen LogP contribution is -2.45. The van der Waals surface area contributed by atoms with Crippen molar-refractivity contribution in [1.82, 2.24) is 14.9 Å². The van der Waals surface area contributed by atoms with E-state index in [9.17, 15) is 4.79 Å². The Morgan fingerprint density at radius 2 is 2.33 bits per heavy atom. The van der Waals surface area contributed by atoms with Crippen LogP contribution in [-0.4, -0.2) is 21.0 Å². The molecule has 1 amide bonds. The van der Waals surface area contributed by atoms with Crippen molar-refractivity contribution < 1.29 is 4.79 Å². The summed E-state index contributed by atoms with van der Waals surface area (Å²) in [6.07, 6.45) is 7.33. The van der Waals surface area contributed by atoms with Crippen molar-refractivity contribution in [3.8, 4) is 0 Å². The third kappa shape index (κ3) is 2.74. The largest absolute Gasteiger partial charge is 0.350 e. The fourth-order valence-electron chi connectivity index (χ4n) is 3.04. The lowest BCUT2D eigenvalue weighted by Gasteiger charge is -2.31. The van der Waals surface area contributed by atoms with Gasteiger partial charge in [0.15, 0.2) is 0 Å². The number of hydrogen-bond acceptors (Lipinski definition) is 2. The van der Waals surface area contributed by atoms with Gasteiger partial charge in [-0.25, -0.2) is 4.98 Å². The molecule has 1 unspecified atom stereocenters. The monoisotopic (exact) mass is 249 g/mol. The van der Waals surface area contributed by atoms with Crippen LogP contribution >= 0.6 is 0 Å². The molecule has 0 bridgehead atoms. The van der Waals surface area contributed by atoms with Crippen LogP contribution in [-0.2, 0) is 17.8 Å². The van der Waals surface area contributed by atoms with Gasteiger partial charge in [0.05, 0.1) is 6.33 Å². The quantitative estimate of drug-likeness (QED) is 0.869. The minimum atomic E-state index is -0.0573. The fraction of sp³-hybridized carbons (Fsp3) is 0.714. The van der Waals surface area contributed by atoms with Crippen LogP contribution in [0.1, 0.15) is 45.7 Å². The number of imidazole rings is 1. The summed E-state index contributed by atoms with van der Waals surface area (Å²) >= 11 is 0. The second kappa shape index (κ2) is 5.12. The highest BCUT2D eigenvalue weighted by Gasteiger charge is 2.38. The van der Waals surface area contributed by atoms with Crippen LogP contribution < -0.4 is 5.32 Å². The van der Waals surface area contributed by atoms with Crippen LogP contribution in [0.2, 0.25) is 0 Å². The average Bonchev–Trinajstić information content (AvgIpc) is 2.85. The molecule has 2 heterocycles. The highest BCUT2D eigenvalue weighted by atomic mass is 16.2. The fourth-order valence-corrected chi connectivity index (χ4v) is 3.04. The molecule has 0 aromatic carbocycles. The molecule has 1 aromatic heterocycles. The number of nitrogens with zero attached hydrogens (tertiary/aromatic N) is 2. The van der Waals surface area contributed by atoms with Crippen LogP contribution in [0.4, 0.5) is 0 Å². The zero-order valence-corrected chi connectivity index (χ0v) is 11.6. The molecule has 18 heavy (non-hydrogen) atoms. The Morgan fingerprint density at radius 3 is 2.89 bits per heavy atom. The van der Waals surface area contributed by atoms with Gasteiger partial charge in [-0.05, 0) is 25.7 Å². The molecular weight excluding hydrogens is 226 g/mol. The smallest absolute Gasteiger partial charge is 0.220 e. The van der Waals surface area contributed by atoms with E-state index in [-0.39, 0.29) is 11.4 Å². The van der Waals surface area contributed by atoms with Gasteiger partial charge in [-0.15, -0.1) is 0 Å². The molecule has 1 aliphatic heterocycles. The van der Waals surface area contributed by atoms with Gasteiger partial charge in [-0.1, -0.05) is 13.8 Å². The van der Waals surface area contributed by atoms with Gasteiger partial charge >= 0.3 is 0 Å². The Bertz CT molecular complexity index is 424. The van der Waals surface area contributed by atoms with Gasteiger partial charge in [-0.3, -0.25) is 4.79 Å². The summed E-state index contributed by atoms with van der Waals surface area (Å²) in [5.74, 6) is 0.777. The molecule has 1 aliphatic rings. The van der Waals surface area contributed by atoms with Crippen LogP contribution in [0.3, 0.4) is 0 Å². The third-order valence-corrected chi connectivity index (χ3v) is 3.69. The lowest BCUT2D eigenvalue weighted by atomic mass is 9.83.